The lowest BCUT2D eigenvalue weighted by Crippen LogP contribution is -2.47. The SMILES string of the molecule is O=S(O)N1CCC(N2COCc3ccccc32)CC1. The van der Waals surface area contributed by atoms with Gasteiger partial charge in [0.05, 0.1) is 6.61 Å². The Morgan fingerprint density at radius 3 is 2.74 bits per heavy atom. The topological polar surface area (TPSA) is 53.0 Å². The predicted octanol–water partition coefficient (Wildman–Crippen LogP) is 1.58. The minimum Gasteiger partial charge on any atom is -0.356 e. The average molecular weight is 282 g/mol. The monoisotopic (exact) mass is 282 g/mol. The normalized spacial score (nSPS) is 23.1. The molecule has 1 N–H and O–H groups in total. The quantitative estimate of drug-likeness (QED) is 0.837. The molecule has 6 heteroatoms. The van der Waals surface area contributed by atoms with Gasteiger partial charge in [0.15, 0.2) is 0 Å². The van der Waals surface area contributed by atoms with Gasteiger partial charge < -0.3 is 9.64 Å². The van der Waals surface area contributed by atoms with Gasteiger partial charge in [0.25, 0.3) is 0 Å². The summed E-state index contributed by atoms with van der Waals surface area (Å²) in [5.41, 5.74) is 2.47. The lowest BCUT2D eigenvalue weighted by atomic mass is 10.0. The van der Waals surface area contributed by atoms with Crippen molar-refractivity contribution in [3.63, 3.8) is 0 Å². The van der Waals surface area contributed by atoms with Crippen molar-refractivity contribution in [3.8, 4) is 0 Å². The molecule has 2 heterocycles. The molecule has 1 unspecified atom stereocenters. The van der Waals surface area contributed by atoms with Crippen molar-refractivity contribution in [2.75, 3.05) is 24.7 Å². The fraction of sp³-hybridized carbons (Fsp3) is 0.538. The number of rotatable bonds is 2. The Labute approximate surface area is 115 Å². The Balaban J connectivity index is 1.73. The van der Waals surface area contributed by atoms with Gasteiger partial charge in [-0.1, -0.05) is 18.2 Å². The fourth-order valence-corrected chi connectivity index (χ4v) is 3.37. The highest BCUT2D eigenvalue weighted by atomic mass is 32.2. The molecule has 3 rings (SSSR count). The molecule has 0 bridgehead atoms. The largest absolute Gasteiger partial charge is 0.356 e. The zero-order valence-electron chi connectivity index (χ0n) is 10.7. The summed E-state index contributed by atoms with van der Waals surface area (Å²) in [5.74, 6) is 0. The van der Waals surface area contributed by atoms with Crippen LogP contribution in [0.15, 0.2) is 24.3 Å². The molecule has 1 atom stereocenters. The maximum absolute atomic E-state index is 11.0. The summed E-state index contributed by atoms with van der Waals surface area (Å²) in [5, 5.41) is 0. The third kappa shape index (κ3) is 2.67. The van der Waals surface area contributed by atoms with Crippen molar-refractivity contribution in [1.29, 1.82) is 0 Å². The highest BCUT2D eigenvalue weighted by Crippen LogP contribution is 2.30. The number of ether oxygens (including phenoxy) is 1. The van der Waals surface area contributed by atoms with Crippen LogP contribution in [0.3, 0.4) is 0 Å². The lowest BCUT2D eigenvalue weighted by molar-refractivity contribution is 0.0987. The summed E-state index contributed by atoms with van der Waals surface area (Å²) < 4.78 is 27.4. The van der Waals surface area contributed by atoms with Gasteiger partial charge in [-0.15, -0.1) is 0 Å². The molecule has 2 aliphatic rings. The van der Waals surface area contributed by atoms with Gasteiger partial charge in [-0.3, -0.25) is 4.55 Å². The van der Waals surface area contributed by atoms with E-state index in [1.807, 2.05) is 6.07 Å². The van der Waals surface area contributed by atoms with E-state index in [1.165, 1.54) is 11.3 Å². The first-order valence-electron chi connectivity index (χ1n) is 6.54. The zero-order valence-corrected chi connectivity index (χ0v) is 11.5. The van der Waals surface area contributed by atoms with Crippen LogP contribution in [-0.4, -0.2) is 38.9 Å². The van der Waals surface area contributed by atoms with Gasteiger partial charge >= 0.3 is 0 Å². The second-order valence-electron chi connectivity index (χ2n) is 4.97. The van der Waals surface area contributed by atoms with E-state index in [9.17, 15) is 4.21 Å². The molecule has 0 aliphatic carbocycles. The van der Waals surface area contributed by atoms with Crippen LogP contribution in [0.1, 0.15) is 18.4 Å². The third-order valence-electron chi connectivity index (χ3n) is 3.87. The van der Waals surface area contributed by atoms with Crippen molar-refractivity contribution in [2.24, 2.45) is 0 Å². The number of hydrogen-bond donors (Lipinski definition) is 1. The molecule has 0 radical (unpaired) electrons. The minimum absolute atomic E-state index is 0.390. The van der Waals surface area contributed by atoms with Gasteiger partial charge in [0, 0.05) is 30.4 Å². The van der Waals surface area contributed by atoms with E-state index in [0.717, 1.165) is 12.8 Å². The maximum Gasteiger partial charge on any atom is 0.234 e. The third-order valence-corrected chi connectivity index (χ3v) is 4.68. The van der Waals surface area contributed by atoms with Crippen molar-refractivity contribution in [1.82, 2.24) is 4.31 Å². The summed E-state index contributed by atoms with van der Waals surface area (Å²) >= 11 is -1.83. The predicted molar refractivity (Wildman–Crippen MR) is 73.9 cm³/mol. The number of piperidine rings is 1. The van der Waals surface area contributed by atoms with E-state index < -0.39 is 11.3 Å². The van der Waals surface area contributed by atoms with Crippen LogP contribution in [-0.2, 0) is 22.6 Å². The molecule has 1 fully saturated rings. The van der Waals surface area contributed by atoms with Gasteiger partial charge in [-0.05, 0) is 18.9 Å². The van der Waals surface area contributed by atoms with E-state index in [-0.39, 0.29) is 0 Å². The van der Waals surface area contributed by atoms with Crippen LogP contribution in [0, 0.1) is 0 Å². The van der Waals surface area contributed by atoms with Gasteiger partial charge in [0.2, 0.25) is 11.3 Å². The molecule has 0 saturated carbocycles. The molecule has 19 heavy (non-hydrogen) atoms. The van der Waals surface area contributed by atoms with Crippen molar-refractivity contribution in [3.05, 3.63) is 29.8 Å². The Hall–Kier alpha value is -0.950. The Morgan fingerprint density at radius 1 is 1.26 bits per heavy atom. The number of benzene rings is 1. The molecule has 1 aromatic rings. The first kappa shape index (κ1) is 13.1. The molecule has 0 aromatic heterocycles. The first-order valence-corrected chi connectivity index (χ1v) is 7.60. The second kappa shape index (κ2) is 5.58. The summed E-state index contributed by atoms with van der Waals surface area (Å²) in [6.45, 7) is 2.61. The summed E-state index contributed by atoms with van der Waals surface area (Å²) in [4.78, 5) is 2.29. The number of fused-ring (bicyclic) bond motifs is 1. The van der Waals surface area contributed by atoms with Gasteiger partial charge in [0.1, 0.15) is 6.73 Å². The highest BCUT2D eigenvalue weighted by molar-refractivity contribution is 7.76. The zero-order chi connectivity index (χ0) is 13.2. The minimum atomic E-state index is -1.83. The van der Waals surface area contributed by atoms with Crippen molar-refractivity contribution >= 4 is 17.0 Å². The van der Waals surface area contributed by atoms with Crippen molar-refractivity contribution < 1.29 is 13.5 Å². The molecule has 0 amide bonds. The Bertz CT molecular complexity index is 475. The smallest absolute Gasteiger partial charge is 0.234 e. The molecule has 1 saturated heterocycles. The summed E-state index contributed by atoms with van der Waals surface area (Å²) in [6, 6.07) is 8.70. The Morgan fingerprint density at radius 2 is 2.00 bits per heavy atom. The number of anilines is 1. The van der Waals surface area contributed by atoms with Gasteiger partial charge in [-0.25, -0.2) is 8.51 Å². The number of nitrogens with zero attached hydrogens (tertiary/aromatic N) is 2. The molecular formula is C13H18N2O3S. The molecule has 1 aromatic carbocycles. The van der Waals surface area contributed by atoms with Gasteiger partial charge in [-0.2, -0.15) is 0 Å². The fourth-order valence-electron chi connectivity index (χ4n) is 2.85. The van der Waals surface area contributed by atoms with E-state index in [0.29, 0.717) is 32.5 Å². The van der Waals surface area contributed by atoms with Crippen LogP contribution in [0.25, 0.3) is 0 Å². The van der Waals surface area contributed by atoms with Crippen LogP contribution in [0.2, 0.25) is 0 Å². The Kier molecular flexibility index (Phi) is 3.83. The molecule has 0 spiro atoms. The maximum atomic E-state index is 11.0. The van der Waals surface area contributed by atoms with Crippen LogP contribution in [0.5, 0.6) is 0 Å². The molecular weight excluding hydrogens is 264 g/mol. The summed E-state index contributed by atoms with van der Waals surface area (Å²) in [7, 11) is 0. The second-order valence-corrected chi connectivity index (χ2v) is 5.94. The molecule has 2 aliphatic heterocycles. The van der Waals surface area contributed by atoms with Crippen molar-refractivity contribution in [2.45, 2.75) is 25.5 Å². The van der Waals surface area contributed by atoms with E-state index in [1.54, 1.807) is 4.31 Å². The van der Waals surface area contributed by atoms with E-state index >= 15 is 0 Å². The number of hydrogen-bond acceptors (Lipinski definition) is 3. The molecule has 104 valence electrons. The van der Waals surface area contributed by atoms with E-state index in [4.69, 9.17) is 9.29 Å². The van der Waals surface area contributed by atoms with Crippen LogP contribution >= 0.6 is 0 Å². The standard InChI is InChI=1S/C13H18N2O3S/c16-19(17)14-7-5-12(6-8-14)15-10-18-9-11-3-1-2-4-13(11)15/h1-4,12H,5-10H2,(H,16,17). The average Bonchev–Trinajstić information content (AvgIpc) is 2.47. The van der Waals surface area contributed by atoms with Crippen LogP contribution < -0.4 is 4.90 Å². The lowest BCUT2D eigenvalue weighted by Gasteiger charge is -2.41. The summed E-state index contributed by atoms with van der Waals surface area (Å²) in [6.07, 6.45) is 1.79. The van der Waals surface area contributed by atoms with E-state index in [2.05, 4.69) is 23.1 Å². The highest BCUT2D eigenvalue weighted by Gasteiger charge is 2.29. The number of para-hydroxylation sites is 1. The first-order chi connectivity index (χ1) is 9.25. The molecule has 5 nitrogen and oxygen atoms in total. The van der Waals surface area contributed by atoms with Crippen LogP contribution in [0.4, 0.5) is 5.69 Å².